The lowest BCUT2D eigenvalue weighted by Gasteiger charge is -2.31. The molecular formula is C53H31N3. The van der Waals surface area contributed by atoms with E-state index in [0.717, 1.165) is 38.6 Å². The smallest absolute Gasteiger partial charge is 0.235 e. The van der Waals surface area contributed by atoms with Crippen molar-refractivity contribution in [1.82, 2.24) is 14.5 Å². The molecule has 0 unspecified atom stereocenters. The summed E-state index contributed by atoms with van der Waals surface area (Å²) >= 11 is 0. The zero-order valence-electron chi connectivity index (χ0n) is 30.2. The summed E-state index contributed by atoms with van der Waals surface area (Å²) in [7, 11) is 0. The Labute approximate surface area is 322 Å². The first-order valence-corrected chi connectivity index (χ1v) is 19.4. The lowest BCUT2D eigenvalue weighted by molar-refractivity contribution is 0.796. The van der Waals surface area contributed by atoms with Gasteiger partial charge >= 0.3 is 0 Å². The SMILES string of the molecule is c1ccc(-c2nc(-n3c4ccccc4c4c5ccccc5c5c(c43)C3(c4ccccc4-c4ccccc43)c3ccccc3-5)nc3ccc4ccccc4c23)cc1. The van der Waals surface area contributed by atoms with Crippen LogP contribution in [0.1, 0.15) is 22.3 Å². The molecule has 0 atom stereocenters. The summed E-state index contributed by atoms with van der Waals surface area (Å²) in [6.07, 6.45) is 0. The highest BCUT2D eigenvalue weighted by molar-refractivity contribution is 6.28. The maximum absolute atomic E-state index is 5.67. The van der Waals surface area contributed by atoms with Gasteiger partial charge < -0.3 is 0 Å². The zero-order chi connectivity index (χ0) is 36.5. The van der Waals surface area contributed by atoms with Crippen LogP contribution in [0, 0.1) is 0 Å². The molecule has 56 heavy (non-hydrogen) atoms. The Balaban J connectivity index is 1.29. The Kier molecular flexibility index (Phi) is 5.83. The van der Waals surface area contributed by atoms with Crippen molar-refractivity contribution in [2.24, 2.45) is 0 Å². The fourth-order valence-electron chi connectivity index (χ4n) is 10.5. The van der Waals surface area contributed by atoms with Crippen molar-refractivity contribution >= 4 is 54.3 Å². The Bertz CT molecular complexity index is 3440. The van der Waals surface area contributed by atoms with Gasteiger partial charge in [-0.25, -0.2) is 9.97 Å². The third kappa shape index (κ3) is 3.63. The van der Waals surface area contributed by atoms with Crippen molar-refractivity contribution in [2.75, 3.05) is 0 Å². The van der Waals surface area contributed by atoms with Crippen molar-refractivity contribution < 1.29 is 0 Å². The van der Waals surface area contributed by atoms with Crippen LogP contribution in [-0.4, -0.2) is 14.5 Å². The number of para-hydroxylation sites is 1. The van der Waals surface area contributed by atoms with E-state index in [4.69, 9.17) is 9.97 Å². The van der Waals surface area contributed by atoms with Gasteiger partial charge in [-0.3, -0.25) is 4.57 Å². The maximum atomic E-state index is 5.67. The third-order valence-electron chi connectivity index (χ3n) is 12.6. The lowest BCUT2D eigenvalue weighted by Crippen LogP contribution is -2.26. The molecule has 2 aliphatic rings. The number of rotatable bonds is 2. The van der Waals surface area contributed by atoms with Gasteiger partial charge in [-0.05, 0) is 72.6 Å². The molecule has 11 aromatic rings. The monoisotopic (exact) mass is 709 g/mol. The van der Waals surface area contributed by atoms with Gasteiger partial charge in [0.2, 0.25) is 5.95 Å². The first kappa shape index (κ1) is 30.0. The van der Waals surface area contributed by atoms with Crippen molar-refractivity contribution in [1.29, 1.82) is 0 Å². The summed E-state index contributed by atoms with van der Waals surface area (Å²) in [5.41, 5.74) is 15.0. The van der Waals surface area contributed by atoms with E-state index in [9.17, 15) is 0 Å². The molecule has 3 heteroatoms. The fourth-order valence-corrected chi connectivity index (χ4v) is 10.5. The average Bonchev–Trinajstić information content (AvgIpc) is 3.89. The van der Waals surface area contributed by atoms with E-state index in [-0.39, 0.29) is 0 Å². The van der Waals surface area contributed by atoms with Crippen LogP contribution in [0.2, 0.25) is 0 Å². The molecular weight excluding hydrogens is 679 g/mol. The van der Waals surface area contributed by atoms with Crippen LogP contribution >= 0.6 is 0 Å². The molecule has 0 aliphatic heterocycles. The first-order chi connectivity index (χ1) is 27.8. The van der Waals surface area contributed by atoms with Crippen LogP contribution in [0.5, 0.6) is 0 Å². The number of benzene rings is 9. The molecule has 0 fully saturated rings. The molecule has 2 aliphatic carbocycles. The summed E-state index contributed by atoms with van der Waals surface area (Å²) in [6.45, 7) is 0. The maximum Gasteiger partial charge on any atom is 0.235 e. The topological polar surface area (TPSA) is 30.7 Å². The second-order valence-electron chi connectivity index (χ2n) is 15.2. The standard InChI is InChI=1S/C53H31N3/c1-2-17-33(18-3-1)50-48-34-19-5-4-16-32(34)30-31-44(48)54-52(55-50)56-45-29-15-11-25-40(45)47-38-23-7-6-22-37(38)46-39-24-10-14-28-43(39)53(49(46)51(47)56)41-26-12-8-20-35(41)36-21-9-13-27-42(36)53/h1-31H. The summed E-state index contributed by atoms with van der Waals surface area (Å²) in [5.74, 6) is 0.668. The number of hydrogen-bond acceptors (Lipinski definition) is 2. The Morgan fingerprint density at radius 2 is 0.982 bits per heavy atom. The highest BCUT2D eigenvalue weighted by Gasteiger charge is 2.53. The van der Waals surface area contributed by atoms with Crippen LogP contribution in [-0.2, 0) is 5.41 Å². The van der Waals surface area contributed by atoms with Gasteiger partial charge in [-0.15, -0.1) is 0 Å². The van der Waals surface area contributed by atoms with Crippen LogP contribution in [0.3, 0.4) is 0 Å². The second kappa shape index (κ2) is 10.9. The van der Waals surface area contributed by atoms with Gasteiger partial charge in [-0.1, -0.05) is 176 Å². The summed E-state index contributed by atoms with van der Waals surface area (Å²) in [4.78, 5) is 11.2. The molecule has 3 nitrogen and oxygen atoms in total. The van der Waals surface area contributed by atoms with Gasteiger partial charge in [0.25, 0.3) is 0 Å². The molecule has 0 amide bonds. The van der Waals surface area contributed by atoms with Crippen LogP contribution in [0.4, 0.5) is 0 Å². The average molecular weight is 710 g/mol. The van der Waals surface area contributed by atoms with E-state index in [2.05, 4.69) is 193 Å². The molecule has 9 aromatic carbocycles. The van der Waals surface area contributed by atoms with Crippen molar-refractivity contribution in [3.8, 4) is 39.5 Å². The minimum atomic E-state index is -0.567. The predicted molar refractivity (Wildman–Crippen MR) is 231 cm³/mol. The normalized spacial score (nSPS) is 13.5. The van der Waals surface area contributed by atoms with Crippen LogP contribution in [0.15, 0.2) is 188 Å². The second-order valence-corrected chi connectivity index (χ2v) is 15.2. The fraction of sp³-hybridized carbons (Fsp3) is 0.0189. The van der Waals surface area contributed by atoms with Gasteiger partial charge in [0.15, 0.2) is 0 Å². The first-order valence-electron chi connectivity index (χ1n) is 19.4. The molecule has 2 aromatic heterocycles. The molecule has 2 heterocycles. The van der Waals surface area contributed by atoms with Crippen molar-refractivity contribution in [2.45, 2.75) is 5.41 Å². The van der Waals surface area contributed by atoms with Crippen molar-refractivity contribution in [3.63, 3.8) is 0 Å². The highest BCUT2D eigenvalue weighted by atomic mass is 15.2. The van der Waals surface area contributed by atoms with E-state index in [1.807, 2.05) is 0 Å². The van der Waals surface area contributed by atoms with E-state index in [1.165, 1.54) is 71.4 Å². The zero-order valence-corrected chi connectivity index (χ0v) is 30.2. The minimum Gasteiger partial charge on any atom is -0.277 e. The molecule has 0 radical (unpaired) electrons. The van der Waals surface area contributed by atoms with Crippen LogP contribution < -0.4 is 0 Å². The quantitative estimate of drug-likeness (QED) is 0.167. The molecule has 258 valence electrons. The van der Waals surface area contributed by atoms with E-state index < -0.39 is 5.41 Å². The largest absolute Gasteiger partial charge is 0.277 e. The van der Waals surface area contributed by atoms with E-state index in [0.29, 0.717) is 5.95 Å². The van der Waals surface area contributed by atoms with E-state index >= 15 is 0 Å². The summed E-state index contributed by atoms with van der Waals surface area (Å²) in [5, 5.41) is 8.31. The molecule has 0 saturated heterocycles. The predicted octanol–water partition coefficient (Wildman–Crippen LogP) is 13.0. The van der Waals surface area contributed by atoms with Gasteiger partial charge in [0.1, 0.15) is 0 Å². The van der Waals surface area contributed by atoms with Crippen LogP contribution in [0.25, 0.3) is 93.7 Å². The summed E-state index contributed by atoms with van der Waals surface area (Å²) < 4.78 is 2.40. The third-order valence-corrected chi connectivity index (χ3v) is 12.6. The molecule has 0 saturated carbocycles. The molecule has 0 N–H and O–H groups in total. The minimum absolute atomic E-state index is 0.567. The number of nitrogens with zero attached hydrogens (tertiary/aromatic N) is 3. The summed E-state index contributed by atoms with van der Waals surface area (Å²) in [6, 6.07) is 68.7. The van der Waals surface area contributed by atoms with E-state index in [1.54, 1.807) is 0 Å². The van der Waals surface area contributed by atoms with Crippen molar-refractivity contribution in [3.05, 3.63) is 210 Å². The Morgan fingerprint density at radius 3 is 1.73 bits per heavy atom. The van der Waals surface area contributed by atoms with Gasteiger partial charge in [0.05, 0.1) is 27.7 Å². The Hall–Kier alpha value is -7.36. The van der Waals surface area contributed by atoms with Gasteiger partial charge in [0, 0.05) is 27.3 Å². The lowest BCUT2D eigenvalue weighted by atomic mass is 9.70. The number of fused-ring (bicyclic) bond motifs is 20. The molecule has 13 rings (SSSR count). The highest BCUT2D eigenvalue weighted by Crippen LogP contribution is 2.66. The van der Waals surface area contributed by atoms with Gasteiger partial charge in [-0.2, -0.15) is 0 Å². The number of hydrogen-bond donors (Lipinski definition) is 0. The molecule has 1 spiro atoms. The molecule has 0 bridgehead atoms. The Morgan fingerprint density at radius 1 is 0.411 bits per heavy atom. The number of aromatic nitrogens is 3.